The van der Waals surface area contributed by atoms with E-state index in [-0.39, 0.29) is 5.91 Å². The molecule has 158 valence electrons. The van der Waals surface area contributed by atoms with E-state index >= 15 is 0 Å². The number of ether oxygens (including phenoxy) is 1. The molecule has 0 radical (unpaired) electrons. The molecule has 0 unspecified atom stereocenters. The number of rotatable bonds is 7. The van der Waals surface area contributed by atoms with Crippen molar-refractivity contribution in [2.75, 3.05) is 0 Å². The molecule has 1 N–H and O–H groups in total. The van der Waals surface area contributed by atoms with E-state index < -0.39 is 0 Å². The highest BCUT2D eigenvalue weighted by atomic mass is 16.5. The van der Waals surface area contributed by atoms with Gasteiger partial charge >= 0.3 is 0 Å². The molecule has 3 aromatic carbocycles. The number of carbonyl (C=O) groups excluding carboxylic acids is 1. The molecule has 4 aromatic rings. The fourth-order valence-electron chi connectivity index (χ4n) is 3.20. The number of benzene rings is 3. The Hall–Kier alpha value is -4.25. The van der Waals surface area contributed by atoms with Crippen LogP contribution in [0, 0.1) is 0 Å². The predicted molar refractivity (Wildman–Crippen MR) is 127 cm³/mol. The SMILES string of the molecule is C/C(=N\NC(=O)c1ccc(COc2ccccc2-c2ccccc2)cc1)c1ccccn1. The van der Waals surface area contributed by atoms with Gasteiger partial charge in [-0.15, -0.1) is 0 Å². The molecule has 5 heteroatoms. The van der Waals surface area contributed by atoms with E-state index in [0.717, 1.165) is 28.1 Å². The molecule has 1 amide bonds. The standard InChI is InChI=1S/C27H23N3O2/c1-20(25-12-7-8-18-28-25)29-30-27(31)23-16-14-21(15-17-23)19-32-26-13-6-5-11-24(26)22-9-3-2-4-10-22/h2-18H,19H2,1H3,(H,30,31)/b29-20+. The van der Waals surface area contributed by atoms with Crippen LogP contribution in [0.3, 0.4) is 0 Å². The molecule has 0 spiro atoms. The molecule has 0 atom stereocenters. The van der Waals surface area contributed by atoms with Crippen LogP contribution in [0.4, 0.5) is 0 Å². The topological polar surface area (TPSA) is 63.6 Å². The van der Waals surface area contributed by atoms with Crippen molar-refractivity contribution in [3.8, 4) is 16.9 Å². The molecule has 1 aromatic heterocycles. The lowest BCUT2D eigenvalue weighted by atomic mass is 10.0. The molecule has 0 saturated carbocycles. The number of pyridine rings is 1. The van der Waals surface area contributed by atoms with Crippen LogP contribution < -0.4 is 10.2 Å². The Morgan fingerprint density at radius 1 is 0.875 bits per heavy atom. The van der Waals surface area contributed by atoms with E-state index in [9.17, 15) is 4.79 Å². The molecule has 4 rings (SSSR count). The quantitative estimate of drug-likeness (QED) is 0.317. The molecule has 0 aliphatic carbocycles. The van der Waals surface area contributed by atoms with Gasteiger partial charge in [0.05, 0.1) is 11.4 Å². The van der Waals surface area contributed by atoms with Crippen molar-refractivity contribution in [1.82, 2.24) is 10.4 Å². The Bertz CT molecular complexity index is 1200. The van der Waals surface area contributed by atoms with Gasteiger partial charge in [0, 0.05) is 17.3 Å². The first-order chi connectivity index (χ1) is 15.7. The van der Waals surface area contributed by atoms with Crippen molar-refractivity contribution in [1.29, 1.82) is 0 Å². The molecule has 0 aliphatic heterocycles. The molecule has 1 heterocycles. The second-order valence-electron chi connectivity index (χ2n) is 7.20. The number of nitrogens with one attached hydrogen (secondary N) is 1. The van der Waals surface area contributed by atoms with Crippen LogP contribution in [0.1, 0.15) is 28.5 Å². The third-order valence-electron chi connectivity index (χ3n) is 4.94. The average Bonchev–Trinajstić information content (AvgIpc) is 2.87. The van der Waals surface area contributed by atoms with Gasteiger partial charge in [-0.1, -0.05) is 66.7 Å². The smallest absolute Gasteiger partial charge is 0.271 e. The zero-order valence-corrected chi connectivity index (χ0v) is 17.7. The Morgan fingerprint density at radius 3 is 2.34 bits per heavy atom. The second kappa shape index (κ2) is 10.2. The van der Waals surface area contributed by atoms with Crippen LogP contribution in [0.15, 0.2) is 108 Å². The van der Waals surface area contributed by atoms with Crippen LogP contribution in [-0.2, 0) is 6.61 Å². The zero-order valence-electron chi connectivity index (χ0n) is 17.7. The summed E-state index contributed by atoms with van der Waals surface area (Å²) < 4.78 is 6.08. The summed E-state index contributed by atoms with van der Waals surface area (Å²) in [4.78, 5) is 16.6. The van der Waals surface area contributed by atoms with Gasteiger partial charge in [-0.2, -0.15) is 5.10 Å². The van der Waals surface area contributed by atoms with Crippen molar-refractivity contribution >= 4 is 11.6 Å². The van der Waals surface area contributed by atoms with Gasteiger partial charge in [0.15, 0.2) is 0 Å². The number of hydrogen-bond donors (Lipinski definition) is 1. The highest BCUT2D eigenvalue weighted by Crippen LogP contribution is 2.30. The van der Waals surface area contributed by atoms with E-state index in [4.69, 9.17) is 4.74 Å². The second-order valence-corrected chi connectivity index (χ2v) is 7.20. The number of hydrazone groups is 1. The van der Waals surface area contributed by atoms with E-state index in [1.807, 2.05) is 72.8 Å². The van der Waals surface area contributed by atoms with Crippen LogP contribution in [0.5, 0.6) is 5.75 Å². The maximum atomic E-state index is 12.4. The largest absolute Gasteiger partial charge is 0.488 e. The molecular formula is C27H23N3O2. The minimum atomic E-state index is -0.276. The third kappa shape index (κ3) is 5.26. The Kier molecular flexibility index (Phi) is 6.68. The molecule has 0 fully saturated rings. The summed E-state index contributed by atoms with van der Waals surface area (Å²) in [6.07, 6.45) is 1.69. The van der Waals surface area contributed by atoms with Gasteiger partial charge in [-0.05, 0) is 48.4 Å². The highest BCUT2D eigenvalue weighted by Gasteiger charge is 2.08. The minimum Gasteiger partial charge on any atom is -0.488 e. The lowest BCUT2D eigenvalue weighted by Gasteiger charge is -2.12. The number of amides is 1. The predicted octanol–water partition coefficient (Wildman–Crippen LogP) is 5.48. The molecular weight excluding hydrogens is 398 g/mol. The van der Waals surface area contributed by atoms with Crippen LogP contribution in [-0.4, -0.2) is 16.6 Å². The summed E-state index contributed by atoms with van der Waals surface area (Å²) in [6.45, 7) is 2.21. The van der Waals surface area contributed by atoms with E-state index in [1.165, 1.54) is 0 Å². The lowest BCUT2D eigenvalue weighted by Crippen LogP contribution is -2.19. The summed E-state index contributed by atoms with van der Waals surface area (Å²) >= 11 is 0. The number of carbonyl (C=O) groups is 1. The Labute approximate surface area is 187 Å². The van der Waals surface area contributed by atoms with Gasteiger partial charge in [0.1, 0.15) is 12.4 Å². The van der Waals surface area contributed by atoms with Crippen molar-refractivity contribution in [2.45, 2.75) is 13.5 Å². The van der Waals surface area contributed by atoms with Crippen molar-refractivity contribution < 1.29 is 9.53 Å². The summed E-state index contributed by atoms with van der Waals surface area (Å²) in [5, 5.41) is 4.14. The van der Waals surface area contributed by atoms with Crippen molar-refractivity contribution in [2.24, 2.45) is 5.10 Å². The highest BCUT2D eigenvalue weighted by molar-refractivity contribution is 5.99. The maximum Gasteiger partial charge on any atom is 0.271 e. The van der Waals surface area contributed by atoms with Crippen LogP contribution >= 0.6 is 0 Å². The van der Waals surface area contributed by atoms with Crippen LogP contribution in [0.2, 0.25) is 0 Å². The van der Waals surface area contributed by atoms with Crippen LogP contribution in [0.25, 0.3) is 11.1 Å². The van der Waals surface area contributed by atoms with Crippen molar-refractivity contribution in [3.63, 3.8) is 0 Å². The zero-order chi connectivity index (χ0) is 22.2. The van der Waals surface area contributed by atoms with Gasteiger partial charge in [0.2, 0.25) is 0 Å². The lowest BCUT2D eigenvalue weighted by molar-refractivity contribution is 0.0955. The number of para-hydroxylation sites is 1. The van der Waals surface area contributed by atoms with Gasteiger partial charge < -0.3 is 4.74 Å². The summed E-state index contributed by atoms with van der Waals surface area (Å²) in [5.41, 5.74) is 7.58. The average molecular weight is 422 g/mol. The van der Waals surface area contributed by atoms with E-state index in [2.05, 4.69) is 27.6 Å². The van der Waals surface area contributed by atoms with Gasteiger partial charge in [0.25, 0.3) is 5.91 Å². The summed E-state index contributed by atoms with van der Waals surface area (Å²) in [7, 11) is 0. The first-order valence-electron chi connectivity index (χ1n) is 10.3. The summed E-state index contributed by atoms with van der Waals surface area (Å²) in [6, 6.07) is 31.0. The number of nitrogens with zero attached hydrogens (tertiary/aromatic N) is 2. The molecule has 5 nitrogen and oxygen atoms in total. The third-order valence-corrected chi connectivity index (χ3v) is 4.94. The Balaban J connectivity index is 1.38. The monoisotopic (exact) mass is 421 g/mol. The number of hydrogen-bond acceptors (Lipinski definition) is 4. The molecule has 0 saturated heterocycles. The van der Waals surface area contributed by atoms with Gasteiger partial charge in [-0.3, -0.25) is 9.78 Å². The Morgan fingerprint density at radius 2 is 1.59 bits per heavy atom. The first-order valence-corrected chi connectivity index (χ1v) is 10.3. The fourth-order valence-corrected chi connectivity index (χ4v) is 3.20. The molecule has 32 heavy (non-hydrogen) atoms. The maximum absolute atomic E-state index is 12.4. The fraction of sp³-hybridized carbons (Fsp3) is 0.0741. The van der Waals surface area contributed by atoms with E-state index in [0.29, 0.717) is 17.9 Å². The molecule has 0 aliphatic rings. The van der Waals surface area contributed by atoms with E-state index in [1.54, 1.807) is 25.3 Å². The van der Waals surface area contributed by atoms with Crippen molar-refractivity contribution in [3.05, 3.63) is 120 Å². The minimum absolute atomic E-state index is 0.276. The normalized spacial score (nSPS) is 11.1. The van der Waals surface area contributed by atoms with Gasteiger partial charge in [-0.25, -0.2) is 5.43 Å². The number of aromatic nitrogens is 1. The first kappa shape index (κ1) is 21.0. The summed E-state index contributed by atoms with van der Waals surface area (Å²) in [5.74, 6) is 0.544. The molecule has 0 bridgehead atoms.